The van der Waals surface area contributed by atoms with E-state index in [2.05, 4.69) is 20.9 Å². The van der Waals surface area contributed by atoms with Gasteiger partial charge in [0.25, 0.3) is 5.91 Å². The fourth-order valence-corrected chi connectivity index (χ4v) is 3.10. The van der Waals surface area contributed by atoms with Crippen molar-refractivity contribution in [1.82, 2.24) is 9.88 Å². The van der Waals surface area contributed by atoms with Gasteiger partial charge in [-0.15, -0.1) is 0 Å². The molecule has 0 bridgehead atoms. The molecule has 0 radical (unpaired) electrons. The molecule has 0 atom stereocenters. The van der Waals surface area contributed by atoms with Crippen LogP contribution in [-0.4, -0.2) is 42.0 Å². The normalized spacial score (nSPS) is 15.7. The van der Waals surface area contributed by atoms with Crippen LogP contribution >= 0.6 is 15.9 Å². The molecule has 1 fully saturated rings. The molecule has 3 heterocycles. The highest BCUT2D eigenvalue weighted by atomic mass is 79.9. The highest BCUT2D eigenvalue weighted by Gasteiger charge is 2.32. The summed E-state index contributed by atoms with van der Waals surface area (Å²) in [6.07, 6.45) is -2.17. The molecule has 0 unspecified atom stereocenters. The number of halogens is 4. The number of piperazine rings is 1. The van der Waals surface area contributed by atoms with E-state index in [1.54, 1.807) is 17.0 Å². The van der Waals surface area contributed by atoms with E-state index in [0.717, 1.165) is 12.3 Å². The van der Waals surface area contributed by atoms with Gasteiger partial charge in [-0.2, -0.15) is 13.2 Å². The largest absolute Gasteiger partial charge is 0.459 e. The lowest BCUT2D eigenvalue weighted by atomic mass is 10.2. The van der Waals surface area contributed by atoms with Gasteiger partial charge in [0.2, 0.25) is 0 Å². The first-order valence-corrected chi connectivity index (χ1v) is 7.96. The van der Waals surface area contributed by atoms with E-state index >= 15 is 0 Å². The standard InChI is InChI=1S/C15H13BrF3N3O2/c16-11-8-10(15(17,18)19)9-20-13(11)21-3-5-22(6-4-21)14(23)12-2-1-7-24-12/h1-2,7-9H,3-6H2. The molecule has 3 rings (SSSR count). The van der Waals surface area contributed by atoms with Gasteiger partial charge in [0.15, 0.2) is 5.76 Å². The topological polar surface area (TPSA) is 49.6 Å². The molecule has 1 aliphatic rings. The SMILES string of the molecule is O=C(c1ccco1)N1CCN(c2ncc(C(F)(F)F)cc2Br)CC1. The molecule has 0 spiro atoms. The number of anilines is 1. The molecule has 1 amide bonds. The molecule has 9 heteroatoms. The van der Waals surface area contributed by atoms with Gasteiger partial charge in [-0.1, -0.05) is 0 Å². The molecule has 0 aliphatic carbocycles. The summed E-state index contributed by atoms with van der Waals surface area (Å²) in [5.41, 5.74) is -0.801. The second-order valence-corrected chi connectivity index (χ2v) is 6.14. The lowest BCUT2D eigenvalue weighted by molar-refractivity contribution is -0.137. The third-order valence-electron chi connectivity index (χ3n) is 3.75. The minimum Gasteiger partial charge on any atom is -0.459 e. The van der Waals surface area contributed by atoms with Crippen molar-refractivity contribution in [2.24, 2.45) is 0 Å². The Morgan fingerprint density at radius 2 is 1.96 bits per heavy atom. The smallest absolute Gasteiger partial charge is 0.417 e. The number of furan rings is 1. The Bertz CT molecular complexity index is 726. The van der Waals surface area contributed by atoms with E-state index in [4.69, 9.17) is 4.42 Å². The molecule has 2 aromatic rings. The Hall–Kier alpha value is -2.03. The van der Waals surface area contributed by atoms with E-state index < -0.39 is 11.7 Å². The summed E-state index contributed by atoms with van der Waals surface area (Å²) < 4.78 is 43.4. The Labute approximate surface area is 144 Å². The molecular weight excluding hydrogens is 391 g/mol. The number of amides is 1. The van der Waals surface area contributed by atoms with Crippen LogP contribution in [0.5, 0.6) is 0 Å². The Kier molecular flexibility index (Phi) is 4.53. The average molecular weight is 404 g/mol. The van der Waals surface area contributed by atoms with Crippen molar-refractivity contribution >= 4 is 27.7 Å². The lowest BCUT2D eigenvalue weighted by Crippen LogP contribution is -2.49. The lowest BCUT2D eigenvalue weighted by Gasteiger charge is -2.35. The fraction of sp³-hybridized carbons (Fsp3) is 0.333. The maximum Gasteiger partial charge on any atom is 0.417 e. The highest BCUT2D eigenvalue weighted by Crippen LogP contribution is 2.33. The van der Waals surface area contributed by atoms with Crippen LogP contribution in [0.1, 0.15) is 16.1 Å². The molecule has 1 saturated heterocycles. The molecule has 0 N–H and O–H groups in total. The number of carbonyl (C=O) groups excluding carboxylic acids is 1. The van der Waals surface area contributed by atoms with Crippen molar-refractivity contribution in [1.29, 1.82) is 0 Å². The first kappa shape index (κ1) is 16.8. The summed E-state index contributed by atoms with van der Waals surface area (Å²) >= 11 is 3.15. The summed E-state index contributed by atoms with van der Waals surface area (Å²) in [4.78, 5) is 19.6. The second-order valence-electron chi connectivity index (χ2n) is 5.28. The molecule has 0 aromatic carbocycles. The number of hydrogen-bond acceptors (Lipinski definition) is 4. The fourth-order valence-electron chi connectivity index (χ4n) is 2.50. The van der Waals surface area contributed by atoms with Crippen LogP contribution in [0.4, 0.5) is 19.0 Å². The quantitative estimate of drug-likeness (QED) is 0.770. The second kappa shape index (κ2) is 6.46. The Morgan fingerprint density at radius 1 is 1.25 bits per heavy atom. The predicted octanol–water partition coefficient (Wildman–Crippen LogP) is 3.42. The number of hydrogen-bond donors (Lipinski definition) is 0. The summed E-state index contributed by atoms with van der Waals surface area (Å²) in [7, 11) is 0. The maximum absolute atomic E-state index is 12.7. The van der Waals surface area contributed by atoms with Crippen LogP contribution in [-0.2, 0) is 6.18 Å². The van der Waals surface area contributed by atoms with Crippen LogP contribution in [0.15, 0.2) is 39.5 Å². The van der Waals surface area contributed by atoms with Gasteiger partial charge in [-0.25, -0.2) is 4.98 Å². The van der Waals surface area contributed by atoms with Crippen molar-refractivity contribution in [2.75, 3.05) is 31.1 Å². The van der Waals surface area contributed by atoms with E-state index in [9.17, 15) is 18.0 Å². The monoisotopic (exact) mass is 403 g/mol. The molecule has 1 aliphatic heterocycles. The third kappa shape index (κ3) is 3.40. The van der Waals surface area contributed by atoms with Crippen LogP contribution in [0.2, 0.25) is 0 Å². The summed E-state index contributed by atoms with van der Waals surface area (Å²) in [6.45, 7) is 1.83. The van der Waals surface area contributed by atoms with E-state index in [1.807, 2.05) is 4.90 Å². The predicted molar refractivity (Wildman–Crippen MR) is 83.8 cm³/mol. The Balaban J connectivity index is 1.68. The molecular formula is C15H13BrF3N3O2. The first-order valence-electron chi connectivity index (χ1n) is 7.17. The van der Waals surface area contributed by atoms with Crippen molar-refractivity contribution in [3.8, 4) is 0 Å². The maximum atomic E-state index is 12.7. The van der Waals surface area contributed by atoms with Gasteiger partial charge in [0.05, 0.1) is 16.3 Å². The van der Waals surface area contributed by atoms with Crippen molar-refractivity contribution in [3.05, 3.63) is 46.5 Å². The minimum atomic E-state index is -4.43. The van der Waals surface area contributed by atoms with Crippen LogP contribution < -0.4 is 4.90 Å². The van der Waals surface area contributed by atoms with Crippen LogP contribution in [0.3, 0.4) is 0 Å². The van der Waals surface area contributed by atoms with Crippen molar-refractivity contribution in [2.45, 2.75) is 6.18 Å². The zero-order valence-corrected chi connectivity index (χ0v) is 14.0. The van der Waals surface area contributed by atoms with E-state index in [-0.39, 0.29) is 16.1 Å². The zero-order chi connectivity index (χ0) is 17.3. The molecule has 24 heavy (non-hydrogen) atoms. The first-order chi connectivity index (χ1) is 11.4. The van der Waals surface area contributed by atoms with Gasteiger partial charge in [0, 0.05) is 32.4 Å². The van der Waals surface area contributed by atoms with Gasteiger partial charge in [0.1, 0.15) is 5.82 Å². The van der Waals surface area contributed by atoms with Gasteiger partial charge >= 0.3 is 6.18 Å². The molecule has 5 nitrogen and oxygen atoms in total. The van der Waals surface area contributed by atoms with Crippen LogP contribution in [0, 0.1) is 0 Å². The van der Waals surface area contributed by atoms with Gasteiger partial charge in [-0.05, 0) is 34.1 Å². The summed E-state index contributed by atoms with van der Waals surface area (Å²) in [5, 5.41) is 0. The average Bonchev–Trinajstić information content (AvgIpc) is 3.08. The van der Waals surface area contributed by atoms with Gasteiger partial charge in [-0.3, -0.25) is 4.79 Å². The number of nitrogens with zero attached hydrogens (tertiary/aromatic N) is 3. The summed E-state index contributed by atoms with van der Waals surface area (Å²) in [6, 6.07) is 4.26. The third-order valence-corrected chi connectivity index (χ3v) is 4.33. The number of carbonyl (C=O) groups is 1. The minimum absolute atomic E-state index is 0.195. The number of aromatic nitrogens is 1. The zero-order valence-electron chi connectivity index (χ0n) is 12.4. The number of rotatable bonds is 2. The summed E-state index contributed by atoms with van der Waals surface area (Å²) in [5.74, 6) is 0.518. The highest BCUT2D eigenvalue weighted by molar-refractivity contribution is 9.10. The Morgan fingerprint density at radius 3 is 2.50 bits per heavy atom. The van der Waals surface area contributed by atoms with Gasteiger partial charge < -0.3 is 14.2 Å². The number of alkyl halides is 3. The molecule has 0 saturated carbocycles. The van der Waals surface area contributed by atoms with Crippen molar-refractivity contribution in [3.63, 3.8) is 0 Å². The van der Waals surface area contributed by atoms with E-state index in [1.165, 1.54) is 6.26 Å². The van der Waals surface area contributed by atoms with Crippen LogP contribution in [0.25, 0.3) is 0 Å². The van der Waals surface area contributed by atoms with Crippen molar-refractivity contribution < 1.29 is 22.4 Å². The van der Waals surface area contributed by atoms with E-state index in [0.29, 0.717) is 32.0 Å². The molecule has 2 aromatic heterocycles. The number of pyridine rings is 1. The molecule has 128 valence electrons.